The first kappa shape index (κ1) is 13.3. The summed E-state index contributed by atoms with van der Waals surface area (Å²) in [5, 5.41) is 13.7. The molecule has 0 aliphatic carbocycles. The number of hydrogen-bond donors (Lipinski definition) is 1. The predicted octanol–water partition coefficient (Wildman–Crippen LogP) is 2.10. The zero-order chi connectivity index (χ0) is 13.8. The minimum Gasteiger partial charge on any atom is -0.404 e. The lowest BCUT2D eigenvalue weighted by Crippen LogP contribution is -2.21. The summed E-state index contributed by atoms with van der Waals surface area (Å²) in [5.41, 5.74) is 0. The van der Waals surface area contributed by atoms with Crippen molar-refractivity contribution in [1.82, 2.24) is 14.9 Å². The number of hydrogen-bond acceptors (Lipinski definition) is 5. The van der Waals surface area contributed by atoms with Crippen LogP contribution in [0.15, 0.2) is 28.9 Å². The normalized spacial score (nSPS) is 12.5. The van der Waals surface area contributed by atoms with Gasteiger partial charge in [0.2, 0.25) is 0 Å². The van der Waals surface area contributed by atoms with Gasteiger partial charge >= 0.3 is 5.88 Å². The molecule has 0 fully saturated rings. The smallest absolute Gasteiger partial charge is 0.404 e. The van der Waals surface area contributed by atoms with Gasteiger partial charge in [-0.2, -0.15) is 0 Å². The highest BCUT2D eigenvalue weighted by Gasteiger charge is 2.23. The topological polar surface area (TPSA) is 86.1 Å². The van der Waals surface area contributed by atoms with Crippen LogP contribution in [0, 0.1) is 10.1 Å². The van der Waals surface area contributed by atoms with E-state index in [0.717, 1.165) is 18.8 Å². The van der Waals surface area contributed by atoms with Crippen molar-refractivity contribution in [3.8, 4) is 0 Å². The van der Waals surface area contributed by atoms with E-state index < -0.39 is 4.92 Å². The third-order valence-electron chi connectivity index (χ3n) is 2.84. The second kappa shape index (κ2) is 5.66. The van der Waals surface area contributed by atoms with Crippen molar-refractivity contribution in [1.29, 1.82) is 0 Å². The summed E-state index contributed by atoms with van der Waals surface area (Å²) in [6.45, 7) is 2.92. The van der Waals surface area contributed by atoms with Crippen molar-refractivity contribution in [2.24, 2.45) is 0 Å². The summed E-state index contributed by atoms with van der Waals surface area (Å²) in [6.07, 6.45) is 4.59. The summed E-state index contributed by atoms with van der Waals surface area (Å²) in [5.74, 6) is 1.01. The second-order valence-corrected chi connectivity index (χ2v) is 4.13. The first-order valence-corrected chi connectivity index (χ1v) is 6.09. The zero-order valence-electron chi connectivity index (χ0n) is 10.9. The molecule has 0 saturated carbocycles. The minimum atomic E-state index is -0.547. The quantitative estimate of drug-likeness (QED) is 0.637. The Balaban J connectivity index is 2.32. The van der Waals surface area contributed by atoms with Crippen LogP contribution < -0.4 is 5.32 Å². The highest BCUT2D eigenvalue weighted by atomic mass is 16.6. The minimum absolute atomic E-state index is 0.260. The largest absolute Gasteiger partial charge is 0.433 e. The van der Waals surface area contributed by atoms with Crippen LogP contribution in [0.25, 0.3) is 0 Å². The van der Waals surface area contributed by atoms with E-state index in [9.17, 15) is 10.1 Å². The van der Waals surface area contributed by atoms with Gasteiger partial charge in [-0.25, -0.2) is 4.98 Å². The monoisotopic (exact) mass is 264 g/mol. The van der Waals surface area contributed by atoms with Gasteiger partial charge in [0, 0.05) is 18.9 Å². The Bertz CT molecular complexity index is 561. The number of nitrogens with zero attached hydrogens (tertiary/aromatic N) is 3. The lowest BCUT2D eigenvalue weighted by molar-refractivity contribution is -0.402. The zero-order valence-corrected chi connectivity index (χ0v) is 10.9. The number of nitrogens with one attached hydrogen (secondary N) is 1. The molecule has 1 atom stereocenters. The van der Waals surface area contributed by atoms with Crippen molar-refractivity contribution < 1.29 is 9.34 Å². The van der Waals surface area contributed by atoms with E-state index in [1.807, 2.05) is 10.8 Å². The number of aryl methyl sites for hydroxylation is 1. The van der Waals surface area contributed by atoms with Gasteiger partial charge in [0.15, 0.2) is 0 Å². The molecule has 2 rings (SSSR count). The number of aromatic nitrogens is 2. The Labute approximate surface area is 110 Å². The Kier molecular flexibility index (Phi) is 3.96. The molecule has 19 heavy (non-hydrogen) atoms. The molecule has 0 aliphatic heterocycles. The molecular formula is C12H16N4O3. The van der Waals surface area contributed by atoms with E-state index in [1.165, 1.54) is 6.07 Å². The molecule has 0 aromatic carbocycles. The molecular weight excluding hydrogens is 248 g/mol. The molecule has 1 N–H and O–H groups in total. The Morgan fingerprint density at radius 2 is 2.37 bits per heavy atom. The average Bonchev–Trinajstić information content (AvgIpc) is 3.01. The van der Waals surface area contributed by atoms with Gasteiger partial charge in [-0.3, -0.25) is 10.1 Å². The van der Waals surface area contributed by atoms with Crippen LogP contribution in [0.2, 0.25) is 0 Å². The van der Waals surface area contributed by atoms with Crippen molar-refractivity contribution in [3.05, 3.63) is 46.2 Å². The fourth-order valence-electron chi connectivity index (χ4n) is 2.01. The number of nitro groups is 1. The van der Waals surface area contributed by atoms with Crippen LogP contribution >= 0.6 is 0 Å². The van der Waals surface area contributed by atoms with Gasteiger partial charge in [-0.1, -0.05) is 6.92 Å². The van der Waals surface area contributed by atoms with Crippen LogP contribution in [-0.4, -0.2) is 21.5 Å². The predicted molar refractivity (Wildman–Crippen MR) is 68.8 cm³/mol. The molecule has 0 amide bonds. The standard InChI is InChI=1S/C12H16N4O3/c1-3-7-15-8-6-14-12(15)11(13-2)9-4-5-10(19-9)16(17)18/h4-6,8,11,13H,3,7H2,1-2H3. The number of rotatable bonds is 6. The highest BCUT2D eigenvalue weighted by molar-refractivity contribution is 5.24. The highest BCUT2D eigenvalue weighted by Crippen LogP contribution is 2.25. The average molecular weight is 264 g/mol. The van der Waals surface area contributed by atoms with E-state index >= 15 is 0 Å². The van der Waals surface area contributed by atoms with Gasteiger partial charge in [-0.05, 0) is 19.5 Å². The number of imidazole rings is 1. The second-order valence-electron chi connectivity index (χ2n) is 4.13. The maximum absolute atomic E-state index is 10.7. The van der Waals surface area contributed by atoms with Gasteiger partial charge < -0.3 is 14.3 Å². The molecule has 2 aromatic heterocycles. The van der Waals surface area contributed by atoms with E-state index in [4.69, 9.17) is 4.42 Å². The molecule has 2 aromatic rings. The van der Waals surface area contributed by atoms with Crippen molar-refractivity contribution in [2.75, 3.05) is 7.05 Å². The van der Waals surface area contributed by atoms with Crippen molar-refractivity contribution in [3.63, 3.8) is 0 Å². The van der Waals surface area contributed by atoms with Crippen LogP contribution in [0.1, 0.15) is 31.0 Å². The summed E-state index contributed by atoms with van der Waals surface area (Å²) in [7, 11) is 1.77. The molecule has 102 valence electrons. The SMILES string of the molecule is CCCn1ccnc1C(NC)c1ccc([N+](=O)[O-])o1. The summed E-state index contributed by atoms with van der Waals surface area (Å²) in [4.78, 5) is 14.4. The van der Waals surface area contributed by atoms with Crippen LogP contribution in [-0.2, 0) is 6.54 Å². The Hall–Kier alpha value is -2.15. The van der Waals surface area contributed by atoms with Crippen LogP contribution in [0.3, 0.4) is 0 Å². The molecule has 1 unspecified atom stereocenters. The van der Waals surface area contributed by atoms with Gasteiger partial charge in [0.1, 0.15) is 22.5 Å². The Morgan fingerprint density at radius 3 is 2.95 bits per heavy atom. The van der Waals surface area contributed by atoms with Crippen molar-refractivity contribution in [2.45, 2.75) is 25.9 Å². The van der Waals surface area contributed by atoms with Crippen LogP contribution in [0.4, 0.5) is 5.88 Å². The van der Waals surface area contributed by atoms with Gasteiger partial charge in [0.25, 0.3) is 0 Å². The lowest BCUT2D eigenvalue weighted by atomic mass is 10.2. The summed E-state index contributed by atoms with van der Waals surface area (Å²) < 4.78 is 7.25. The molecule has 7 heteroatoms. The Morgan fingerprint density at radius 1 is 1.58 bits per heavy atom. The lowest BCUT2D eigenvalue weighted by Gasteiger charge is -2.14. The van der Waals surface area contributed by atoms with Crippen molar-refractivity contribution >= 4 is 5.88 Å². The molecule has 0 spiro atoms. The molecule has 0 aliphatic rings. The summed E-state index contributed by atoms with van der Waals surface area (Å²) in [6, 6.07) is 2.66. The molecule has 0 saturated heterocycles. The molecule has 2 heterocycles. The van der Waals surface area contributed by atoms with E-state index in [0.29, 0.717) is 5.76 Å². The van der Waals surface area contributed by atoms with Gasteiger partial charge in [-0.15, -0.1) is 0 Å². The third kappa shape index (κ3) is 2.65. The number of furan rings is 1. The first-order chi connectivity index (χ1) is 9.17. The fourth-order valence-corrected chi connectivity index (χ4v) is 2.01. The summed E-state index contributed by atoms with van der Waals surface area (Å²) >= 11 is 0. The maximum Gasteiger partial charge on any atom is 0.433 e. The third-order valence-corrected chi connectivity index (χ3v) is 2.84. The first-order valence-electron chi connectivity index (χ1n) is 6.09. The van der Waals surface area contributed by atoms with E-state index in [-0.39, 0.29) is 11.9 Å². The van der Waals surface area contributed by atoms with E-state index in [2.05, 4.69) is 17.2 Å². The van der Waals surface area contributed by atoms with Crippen LogP contribution in [0.5, 0.6) is 0 Å². The maximum atomic E-state index is 10.7. The fraction of sp³-hybridized carbons (Fsp3) is 0.417. The molecule has 0 radical (unpaired) electrons. The van der Waals surface area contributed by atoms with E-state index in [1.54, 1.807) is 19.3 Å². The van der Waals surface area contributed by atoms with Gasteiger partial charge in [0.05, 0.1) is 6.07 Å². The molecule has 0 bridgehead atoms. The molecule has 7 nitrogen and oxygen atoms in total.